The normalized spacial score (nSPS) is 10.2. The molecule has 0 aliphatic heterocycles. The molecule has 0 atom stereocenters. The number of halogens is 2. The minimum absolute atomic E-state index is 0.0265. The summed E-state index contributed by atoms with van der Waals surface area (Å²) in [5.41, 5.74) is 6.41. The smallest absolute Gasteiger partial charge is 0.338 e. The molecule has 1 heterocycles. The molecule has 2 rings (SSSR count). The lowest BCUT2D eigenvalue weighted by molar-refractivity contribution is 0.0698. The number of aromatic nitrogens is 1. The molecule has 7 heteroatoms. The van der Waals surface area contributed by atoms with Gasteiger partial charge in [0.15, 0.2) is 0 Å². The Morgan fingerprint density at radius 2 is 2.00 bits per heavy atom. The van der Waals surface area contributed by atoms with Gasteiger partial charge in [-0.25, -0.2) is 9.78 Å². The van der Waals surface area contributed by atoms with Gasteiger partial charge in [-0.3, -0.25) is 0 Å². The maximum Gasteiger partial charge on any atom is 0.338 e. The van der Waals surface area contributed by atoms with Gasteiger partial charge >= 0.3 is 5.97 Å². The molecule has 0 bridgehead atoms. The van der Waals surface area contributed by atoms with Crippen LogP contribution in [-0.4, -0.2) is 16.1 Å². The molecule has 0 radical (unpaired) electrons. The number of hydrogen-bond acceptors (Lipinski definition) is 4. The number of anilines is 3. The van der Waals surface area contributed by atoms with Crippen LogP contribution >= 0.6 is 23.2 Å². The van der Waals surface area contributed by atoms with Gasteiger partial charge in [-0.05, 0) is 24.3 Å². The molecule has 0 fully saturated rings. The van der Waals surface area contributed by atoms with Crippen molar-refractivity contribution in [2.45, 2.75) is 0 Å². The van der Waals surface area contributed by atoms with E-state index in [0.29, 0.717) is 21.4 Å². The number of benzene rings is 1. The zero-order chi connectivity index (χ0) is 14.0. The lowest BCUT2D eigenvalue weighted by Gasteiger charge is -2.10. The van der Waals surface area contributed by atoms with E-state index in [4.69, 9.17) is 34.0 Å². The molecule has 4 N–H and O–H groups in total. The van der Waals surface area contributed by atoms with Crippen LogP contribution in [0.15, 0.2) is 30.5 Å². The molecule has 5 nitrogen and oxygen atoms in total. The second-order valence-corrected chi connectivity index (χ2v) is 4.53. The molecule has 0 aliphatic carbocycles. The number of nitrogens with zero attached hydrogens (tertiary/aromatic N) is 1. The minimum atomic E-state index is -1.10. The maximum absolute atomic E-state index is 11.1. The third kappa shape index (κ3) is 3.07. The summed E-state index contributed by atoms with van der Waals surface area (Å²) in [6, 6.07) is 6.15. The second-order valence-electron chi connectivity index (χ2n) is 3.71. The Hall–Kier alpha value is -1.98. The third-order valence-electron chi connectivity index (χ3n) is 2.35. The number of carboxylic acids is 1. The van der Waals surface area contributed by atoms with Crippen LogP contribution in [0.5, 0.6) is 0 Å². The van der Waals surface area contributed by atoms with E-state index in [1.807, 2.05) is 0 Å². The van der Waals surface area contributed by atoms with Crippen LogP contribution in [0.2, 0.25) is 10.0 Å². The van der Waals surface area contributed by atoms with Crippen molar-refractivity contribution in [2.24, 2.45) is 0 Å². The minimum Gasteiger partial charge on any atom is -0.478 e. The Balaban J connectivity index is 2.37. The quantitative estimate of drug-likeness (QED) is 0.808. The largest absolute Gasteiger partial charge is 0.478 e. The van der Waals surface area contributed by atoms with Gasteiger partial charge in [-0.1, -0.05) is 23.2 Å². The predicted octanol–water partition coefficient (Wildman–Crippen LogP) is 3.41. The van der Waals surface area contributed by atoms with Gasteiger partial charge in [0.05, 0.1) is 27.5 Å². The first kappa shape index (κ1) is 13.5. The van der Waals surface area contributed by atoms with Crippen molar-refractivity contribution in [1.82, 2.24) is 4.98 Å². The number of pyridine rings is 1. The maximum atomic E-state index is 11.1. The molecule has 0 aliphatic rings. The fraction of sp³-hybridized carbons (Fsp3) is 0. The van der Waals surface area contributed by atoms with Gasteiger partial charge in [0.2, 0.25) is 0 Å². The molecule has 0 amide bonds. The highest BCUT2D eigenvalue weighted by atomic mass is 35.5. The van der Waals surface area contributed by atoms with E-state index in [1.54, 1.807) is 18.2 Å². The fourth-order valence-corrected chi connectivity index (χ4v) is 1.78. The second kappa shape index (κ2) is 5.34. The number of rotatable bonds is 3. The summed E-state index contributed by atoms with van der Waals surface area (Å²) in [7, 11) is 0. The molecule has 1 aromatic heterocycles. The van der Waals surface area contributed by atoms with E-state index < -0.39 is 5.97 Å². The average Bonchev–Trinajstić information content (AvgIpc) is 2.36. The summed E-state index contributed by atoms with van der Waals surface area (Å²) in [6.07, 6.45) is 1.35. The number of carboxylic acid groups (broad SMARTS) is 1. The first-order valence-electron chi connectivity index (χ1n) is 5.18. The van der Waals surface area contributed by atoms with E-state index >= 15 is 0 Å². The highest BCUT2D eigenvalue weighted by molar-refractivity contribution is 6.42. The monoisotopic (exact) mass is 297 g/mol. The molecule has 0 saturated carbocycles. The molecule has 19 heavy (non-hydrogen) atoms. The van der Waals surface area contributed by atoms with Gasteiger partial charge in [0.25, 0.3) is 0 Å². The van der Waals surface area contributed by atoms with Gasteiger partial charge < -0.3 is 16.2 Å². The van der Waals surface area contributed by atoms with E-state index in [2.05, 4.69) is 10.3 Å². The molecular formula is C12H9Cl2N3O2. The molecule has 98 valence electrons. The van der Waals surface area contributed by atoms with E-state index in [1.165, 1.54) is 12.3 Å². The molecule has 1 aromatic carbocycles. The number of nitrogen functional groups attached to an aromatic ring is 1. The molecule has 0 saturated heterocycles. The van der Waals surface area contributed by atoms with E-state index in [0.717, 1.165) is 0 Å². The molecular weight excluding hydrogens is 289 g/mol. The van der Waals surface area contributed by atoms with Gasteiger partial charge in [-0.15, -0.1) is 0 Å². The number of nitrogens with two attached hydrogens (primary N) is 1. The highest BCUT2D eigenvalue weighted by Crippen LogP contribution is 2.28. The summed E-state index contributed by atoms with van der Waals surface area (Å²) in [6.45, 7) is 0. The average molecular weight is 298 g/mol. The van der Waals surface area contributed by atoms with Crippen molar-refractivity contribution in [1.29, 1.82) is 0 Å². The first-order valence-corrected chi connectivity index (χ1v) is 5.94. The number of aromatic carboxylic acids is 1. The lowest BCUT2D eigenvalue weighted by atomic mass is 10.2. The van der Waals surface area contributed by atoms with Crippen molar-refractivity contribution in [3.05, 3.63) is 46.1 Å². The summed E-state index contributed by atoms with van der Waals surface area (Å²) < 4.78 is 0. The van der Waals surface area contributed by atoms with Crippen molar-refractivity contribution in [3.63, 3.8) is 0 Å². The zero-order valence-corrected chi connectivity index (χ0v) is 11.0. The Bertz CT molecular complexity index is 647. The van der Waals surface area contributed by atoms with Crippen LogP contribution in [-0.2, 0) is 0 Å². The first-order chi connectivity index (χ1) is 8.97. The van der Waals surface area contributed by atoms with Crippen molar-refractivity contribution in [3.8, 4) is 0 Å². The van der Waals surface area contributed by atoms with Crippen LogP contribution in [0, 0.1) is 0 Å². The van der Waals surface area contributed by atoms with Gasteiger partial charge in [-0.2, -0.15) is 0 Å². The summed E-state index contributed by atoms with van der Waals surface area (Å²) >= 11 is 11.7. The molecule has 0 unspecified atom stereocenters. The Kier molecular flexibility index (Phi) is 3.78. The predicted molar refractivity (Wildman–Crippen MR) is 75.4 cm³/mol. The molecule has 2 aromatic rings. The molecule has 0 spiro atoms. The van der Waals surface area contributed by atoms with Crippen LogP contribution < -0.4 is 11.1 Å². The fourth-order valence-electron chi connectivity index (χ4n) is 1.48. The Morgan fingerprint density at radius 3 is 2.63 bits per heavy atom. The van der Waals surface area contributed by atoms with Crippen molar-refractivity contribution in [2.75, 3.05) is 11.1 Å². The summed E-state index contributed by atoms with van der Waals surface area (Å²) in [4.78, 5) is 15.0. The van der Waals surface area contributed by atoms with Crippen LogP contribution in [0.25, 0.3) is 0 Å². The topological polar surface area (TPSA) is 88.2 Å². The van der Waals surface area contributed by atoms with Crippen molar-refractivity contribution < 1.29 is 9.90 Å². The van der Waals surface area contributed by atoms with Crippen LogP contribution in [0.4, 0.5) is 17.2 Å². The number of nitrogens with one attached hydrogen (secondary N) is 1. The summed E-state index contributed by atoms with van der Waals surface area (Å²) in [5, 5.41) is 12.8. The zero-order valence-electron chi connectivity index (χ0n) is 9.52. The van der Waals surface area contributed by atoms with E-state index in [9.17, 15) is 4.79 Å². The standard InChI is InChI=1S/C12H9Cl2N3O2/c13-8-2-1-6(3-9(8)14)17-10-5-16-11(15)4-7(10)12(18)19/h1-5,17H,(H2,15,16)(H,18,19). The number of hydrogen-bond donors (Lipinski definition) is 3. The van der Waals surface area contributed by atoms with Gasteiger partial charge in [0.1, 0.15) is 5.82 Å². The van der Waals surface area contributed by atoms with Crippen molar-refractivity contribution >= 4 is 46.4 Å². The summed E-state index contributed by atoms with van der Waals surface area (Å²) in [5.74, 6) is -0.964. The van der Waals surface area contributed by atoms with Crippen LogP contribution in [0.1, 0.15) is 10.4 Å². The van der Waals surface area contributed by atoms with Crippen LogP contribution in [0.3, 0.4) is 0 Å². The van der Waals surface area contributed by atoms with E-state index in [-0.39, 0.29) is 11.4 Å². The third-order valence-corrected chi connectivity index (χ3v) is 3.09. The van der Waals surface area contributed by atoms with Gasteiger partial charge in [0, 0.05) is 5.69 Å². The highest BCUT2D eigenvalue weighted by Gasteiger charge is 2.12. The Labute approximate surface area is 119 Å². The number of carbonyl (C=O) groups is 1. The SMILES string of the molecule is Nc1cc(C(=O)O)c(Nc2ccc(Cl)c(Cl)c2)cn1. The Morgan fingerprint density at radius 1 is 1.26 bits per heavy atom. The lowest BCUT2D eigenvalue weighted by Crippen LogP contribution is -2.05.